The third-order valence-electron chi connectivity index (χ3n) is 5.17. The second kappa shape index (κ2) is 6.55. The van der Waals surface area contributed by atoms with Crippen LogP contribution in [0.25, 0.3) is 0 Å². The van der Waals surface area contributed by atoms with E-state index in [9.17, 15) is 8.42 Å². The molecule has 3 heterocycles. The van der Waals surface area contributed by atoms with Gasteiger partial charge in [-0.3, -0.25) is 9.80 Å². The molecule has 0 radical (unpaired) electrons. The second-order valence-electron chi connectivity index (χ2n) is 7.00. The molecule has 0 unspecified atom stereocenters. The van der Waals surface area contributed by atoms with Crippen LogP contribution in [0.1, 0.15) is 17.1 Å². The first-order valence-electron chi connectivity index (χ1n) is 8.64. The Morgan fingerprint density at radius 3 is 2.32 bits per heavy atom. The summed E-state index contributed by atoms with van der Waals surface area (Å²) >= 11 is 0. The van der Waals surface area contributed by atoms with E-state index in [2.05, 4.69) is 26.9 Å². The number of fused-ring (bicyclic) bond motifs is 1. The Labute approximate surface area is 148 Å². The zero-order chi connectivity index (χ0) is 17.4. The molecule has 0 N–H and O–H groups in total. The Kier molecular flexibility index (Phi) is 4.39. The molecule has 0 saturated carbocycles. The van der Waals surface area contributed by atoms with Crippen LogP contribution in [0.2, 0.25) is 0 Å². The smallest absolute Gasteiger partial charge is 0.191 e. The minimum absolute atomic E-state index is 0.0273. The van der Waals surface area contributed by atoms with Gasteiger partial charge >= 0.3 is 0 Å². The van der Waals surface area contributed by atoms with E-state index in [1.165, 1.54) is 5.56 Å². The monoisotopic (exact) mass is 361 g/mol. The van der Waals surface area contributed by atoms with Gasteiger partial charge in [0.1, 0.15) is 6.26 Å². The molecule has 2 atom stereocenters. The van der Waals surface area contributed by atoms with Crippen LogP contribution in [-0.2, 0) is 22.9 Å². The molecule has 2 aromatic rings. The molecule has 4 rings (SSSR count). The summed E-state index contributed by atoms with van der Waals surface area (Å²) in [5, 5.41) is 0. The highest BCUT2D eigenvalue weighted by atomic mass is 32.2. The molecule has 2 saturated heterocycles. The van der Waals surface area contributed by atoms with Crippen molar-refractivity contribution >= 4 is 9.84 Å². The Hall–Kier alpha value is -1.70. The largest absolute Gasteiger partial charge is 0.449 e. The maximum Gasteiger partial charge on any atom is 0.191 e. The zero-order valence-corrected chi connectivity index (χ0v) is 15.2. The fraction of sp³-hybridized carbons (Fsp3) is 0.500. The van der Waals surface area contributed by atoms with Crippen LogP contribution in [0.5, 0.6) is 0 Å². The molecule has 2 fully saturated rings. The highest BCUT2D eigenvalue weighted by Gasteiger charge is 2.46. The first-order chi connectivity index (χ1) is 12.0. The number of aryl methyl sites for hydroxylation is 1. The van der Waals surface area contributed by atoms with E-state index in [0.29, 0.717) is 12.4 Å². The van der Waals surface area contributed by atoms with Gasteiger partial charge in [-0.05, 0) is 5.56 Å². The first kappa shape index (κ1) is 16.8. The van der Waals surface area contributed by atoms with Gasteiger partial charge in [0.25, 0.3) is 0 Å². The van der Waals surface area contributed by atoms with Gasteiger partial charge in [-0.2, -0.15) is 0 Å². The standard InChI is InChI=1S/C18H23N3O3S/c1-14-19-16(11-24-14)10-21-8-7-20(9-15-5-3-2-4-6-15)17-12-25(22,23)13-18(17)21/h2-6,11,17-18H,7-10,12-13H2,1H3/t17-,18+/m1/s1. The van der Waals surface area contributed by atoms with Crippen molar-refractivity contribution in [3.05, 3.63) is 53.7 Å². The fourth-order valence-corrected chi connectivity index (χ4v) is 6.04. The fourth-order valence-electron chi connectivity index (χ4n) is 4.00. The molecular formula is C18H23N3O3S. The van der Waals surface area contributed by atoms with Crippen molar-refractivity contribution in [1.82, 2.24) is 14.8 Å². The SMILES string of the molecule is Cc1nc(CN2CCN(Cc3ccccc3)[C@@H]3CS(=O)(=O)C[C@@H]32)co1. The molecule has 1 aromatic heterocycles. The van der Waals surface area contributed by atoms with E-state index in [1.54, 1.807) is 6.26 Å². The van der Waals surface area contributed by atoms with Crippen molar-refractivity contribution < 1.29 is 12.8 Å². The quantitative estimate of drug-likeness (QED) is 0.822. The minimum Gasteiger partial charge on any atom is -0.449 e. The van der Waals surface area contributed by atoms with Crippen molar-refractivity contribution in [3.63, 3.8) is 0 Å². The van der Waals surface area contributed by atoms with Gasteiger partial charge in [0.2, 0.25) is 0 Å². The number of hydrogen-bond donors (Lipinski definition) is 0. The van der Waals surface area contributed by atoms with E-state index in [-0.39, 0.29) is 23.6 Å². The lowest BCUT2D eigenvalue weighted by Crippen LogP contribution is -2.58. The van der Waals surface area contributed by atoms with E-state index in [1.807, 2.05) is 25.1 Å². The molecular weight excluding hydrogens is 338 g/mol. The summed E-state index contributed by atoms with van der Waals surface area (Å²) in [6.07, 6.45) is 1.67. The summed E-state index contributed by atoms with van der Waals surface area (Å²) < 4.78 is 29.9. The molecule has 134 valence electrons. The topological polar surface area (TPSA) is 66.7 Å². The summed E-state index contributed by atoms with van der Waals surface area (Å²) in [4.78, 5) is 8.96. The Morgan fingerprint density at radius 2 is 1.72 bits per heavy atom. The van der Waals surface area contributed by atoms with Crippen LogP contribution in [-0.4, -0.2) is 59.9 Å². The number of hydrogen-bond acceptors (Lipinski definition) is 6. The van der Waals surface area contributed by atoms with Crippen molar-refractivity contribution in [2.75, 3.05) is 24.6 Å². The highest BCUT2D eigenvalue weighted by molar-refractivity contribution is 7.91. The maximum atomic E-state index is 12.3. The van der Waals surface area contributed by atoms with Crippen LogP contribution in [0.4, 0.5) is 0 Å². The van der Waals surface area contributed by atoms with Crippen LogP contribution >= 0.6 is 0 Å². The molecule has 1 aromatic carbocycles. The number of aromatic nitrogens is 1. The number of piperazine rings is 1. The lowest BCUT2D eigenvalue weighted by Gasteiger charge is -2.43. The molecule has 0 spiro atoms. The van der Waals surface area contributed by atoms with Gasteiger partial charge in [0, 0.05) is 45.2 Å². The minimum atomic E-state index is -3.00. The molecule has 25 heavy (non-hydrogen) atoms. The summed E-state index contributed by atoms with van der Waals surface area (Å²) in [7, 11) is -3.00. The Bertz CT molecular complexity index is 834. The lowest BCUT2D eigenvalue weighted by atomic mass is 10.0. The average Bonchev–Trinajstić information content (AvgIpc) is 3.13. The predicted octanol–water partition coefficient (Wildman–Crippen LogP) is 1.47. The molecule has 0 aliphatic carbocycles. The van der Waals surface area contributed by atoms with Crippen LogP contribution in [0, 0.1) is 6.92 Å². The van der Waals surface area contributed by atoms with Gasteiger partial charge in [-0.15, -0.1) is 0 Å². The van der Waals surface area contributed by atoms with Crippen molar-refractivity contribution in [2.45, 2.75) is 32.1 Å². The number of nitrogens with zero attached hydrogens (tertiary/aromatic N) is 3. The Morgan fingerprint density at radius 1 is 1.08 bits per heavy atom. The lowest BCUT2D eigenvalue weighted by molar-refractivity contribution is 0.0347. The van der Waals surface area contributed by atoms with Crippen LogP contribution < -0.4 is 0 Å². The van der Waals surface area contributed by atoms with Gasteiger partial charge in [-0.1, -0.05) is 30.3 Å². The van der Waals surface area contributed by atoms with Crippen molar-refractivity contribution in [3.8, 4) is 0 Å². The number of oxazole rings is 1. The highest BCUT2D eigenvalue weighted by Crippen LogP contribution is 2.29. The predicted molar refractivity (Wildman–Crippen MR) is 94.7 cm³/mol. The van der Waals surface area contributed by atoms with E-state index in [4.69, 9.17) is 4.42 Å². The van der Waals surface area contributed by atoms with E-state index >= 15 is 0 Å². The first-order valence-corrected chi connectivity index (χ1v) is 10.5. The summed E-state index contributed by atoms with van der Waals surface area (Å²) in [6.45, 7) is 4.98. The molecule has 7 heteroatoms. The van der Waals surface area contributed by atoms with E-state index < -0.39 is 9.84 Å². The molecule has 2 aliphatic rings. The van der Waals surface area contributed by atoms with Gasteiger partial charge in [-0.25, -0.2) is 13.4 Å². The van der Waals surface area contributed by atoms with Crippen molar-refractivity contribution in [1.29, 1.82) is 0 Å². The second-order valence-corrected chi connectivity index (χ2v) is 9.15. The summed E-state index contributed by atoms with van der Waals surface area (Å²) in [5.74, 6) is 1.13. The van der Waals surface area contributed by atoms with Gasteiger partial charge in [0.15, 0.2) is 15.7 Å². The normalized spacial score (nSPS) is 26.6. The maximum absolute atomic E-state index is 12.3. The molecule has 2 aliphatic heterocycles. The molecule has 0 amide bonds. The van der Waals surface area contributed by atoms with Crippen molar-refractivity contribution in [2.24, 2.45) is 0 Å². The zero-order valence-electron chi connectivity index (χ0n) is 14.3. The van der Waals surface area contributed by atoms with Crippen LogP contribution in [0.15, 0.2) is 41.0 Å². The number of rotatable bonds is 4. The average molecular weight is 361 g/mol. The third kappa shape index (κ3) is 3.63. The Balaban J connectivity index is 1.53. The number of benzene rings is 1. The molecule has 0 bridgehead atoms. The van der Waals surface area contributed by atoms with E-state index in [0.717, 1.165) is 25.3 Å². The van der Waals surface area contributed by atoms with Gasteiger partial charge < -0.3 is 4.42 Å². The summed E-state index contributed by atoms with van der Waals surface area (Å²) in [5.41, 5.74) is 2.10. The number of sulfone groups is 1. The van der Waals surface area contributed by atoms with Crippen LogP contribution in [0.3, 0.4) is 0 Å². The van der Waals surface area contributed by atoms with Gasteiger partial charge in [0.05, 0.1) is 17.2 Å². The third-order valence-corrected chi connectivity index (χ3v) is 6.86. The summed E-state index contributed by atoms with van der Waals surface area (Å²) in [6, 6.07) is 10.3. The molecule has 6 nitrogen and oxygen atoms in total.